The largest absolute Gasteiger partial charge is 0.481 e. The minimum atomic E-state index is -0.908. The smallest absolute Gasteiger partial charge is 0.261 e. The van der Waals surface area contributed by atoms with Crippen molar-refractivity contribution in [2.45, 2.75) is 19.1 Å². The number of nitrogens with two attached hydrogens (primary N) is 1. The Morgan fingerprint density at radius 2 is 1.83 bits per heavy atom. The molecule has 0 saturated heterocycles. The maximum absolute atomic E-state index is 12.2. The van der Waals surface area contributed by atoms with E-state index in [0.717, 1.165) is 0 Å². The van der Waals surface area contributed by atoms with Crippen LogP contribution >= 0.6 is 11.6 Å². The van der Waals surface area contributed by atoms with Gasteiger partial charge in [-0.3, -0.25) is 9.59 Å². The molecule has 0 aromatic heterocycles. The van der Waals surface area contributed by atoms with Crippen LogP contribution in [0.2, 0.25) is 5.02 Å². The zero-order chi connectivity index (χ0) is 16.8. The number of primary amides is 1. The topological polar surface area (TPSA) is 81.4 Å². The van der Waals surface area contributed by atoms with Crippen LogP contribution in [0.5, 0.6) is 5.75 Å². The number of benzene rings is 2. The van der Waals surface area contributed by atoms with Gasteiger partial charge in [-0.05, 0) is 30.7 Å². The highest BCUT2D eigenvalue weighted by atomic mass is 35.5. The number of amides is 2. The number of halogens is 1. The summed E-state index contributed by atoms with van der Waals surface area (Å²) in [6, 6.07) is 14.6. The van der Waals surface area contributed by atoms with E-state index in [1.54, 1.807) is 55.5 Å². The summed E-state index contributed by atoms with van der Waals surface area (Å²) in [6.07, 6.45) is -0.806. The first-order valence-corrected chi connectivity index (χ1v) is 7.42. The molecule has 0 radical (unpaired) electrons. The van der Waals surface area contributed by atoms with E-state index in [4.69, 9.17) is 22.1 Å². The lowest BCUT2D eigenvalue weighted by atomic mass is 10.1. The molecule has 0 saturated carbocycles. The maximum atomic E-state index is 12.2. The number of nitrogens with one attached hydrogen (secondary N) is 1. The highest BCUT2D eigenvalue weighted by molar-refractivity contribution is 6.30. The van der Waals surface area contributed by atoms with E-state index in [1.807, 2.05) is 6.07 Å². The Morgan fingerprint density at radius 3 is 2.43 bits per heavy atom. The van der Waals surface area contributed by atoms with E-state index in [1.165, 1.54) is 0 Å². The van der Waals surface area contributed by atoms with E-state index in [9.17, 15) is 9.59 Å². The second-order valence-corrected chi connectivity index (χ2v) is 5.41. The molecule has 0 aliphatic rings. The van der Waals surface area contributed by atoms with Gasteiger partial charge in [-0.1, -0.05) is 48.0 Å². The summed E-state index contributed by atoms with van der Waals surface area (Å²) in [7, 11) is 0. The van der Waals surface area contributed by atoms with Gasteiger partial charge in [0.05, 0.1) is 0 Å². The van der Waals surface area contributed by atoms with Crippen LogP contribution in [0.25, 0.3) is 0 Å². The Labute approximate surface area is 139 Å². The van der Waals surface area contributed by atoms with Crippen LogP contribution in [0, 0.1) is 0 Å². The molecule has 0 heterocycles. The van der Waals surface area contributed by atoms with Gasteiger partial charge in [-0.2, -0.15) is 0 Å². The van der Waals surface area contributed by atoms with Gasteiger partial charge >= 0.3 is 0 Å². The van der Waals surface area contributed by atoms with E-state index in [2.05, 4.69) is 5.32 Å². The molecule has 0 bridgehead atoms. The van der Waals surface area contributed by atoms with E-state index >= 15 is 0 Å². The monoisotopic (exact) mass is 332 g/mol. The first kappa shape index (κ1) is 16.8. The Morgan fingerprint density at radius 1 is 1.13 bits per heavy atom. The lowest BCUT2D eigenvalue weighted by molar-refractivity contribution is -0.131. The zero-order valence-corrected chi connectivity index (χ0v) is 13.3. The summed E-state index contributed by atoms with van der Waals surface area (Å²) in [5.41, 5.74) is 5.99. The zero-order valence-electron chi connectivity index (χ0n) is 12.5. The van der Waals surface area contributed by atoms with Crippen molar-refractivity contribution in [3.8, 4) is 5.75 Å². The van der Waals surface area contributed by atoms with Gasteiger partial charge < -0.3 is 15.8 Å². The highest BCUT2D eigenvalue weighted by Crippen LogP contribution is 2.19. The number of rotatable bonds is 6. The van der Waals surface area contributed by atoms with Crippen molar-refractivity contribution in [1.82, 2.24) is 5.32 Å². The number of carbonyl (C=O) groups is 2. The number of hydrogen-bond donors (Lipinski definition) is 2. The van der Waals surface area contributed by atoms with Crippen LogP contribution in [-0.2, 0) is 9.59 Å². The Bertz CT molecular complexity index is 691. The molecule has 23 heavy (non-hydrogen) atoms. The van der Waals surface area contributed by atoms with Gasteiger partial charge in [-0.15, -0.1) is 0 Å². The van der Waals surface area contributed by atoms with Gasteiger partial charge in [0.1, 0.15) is 11.8 Å². The first-order valence-electron chi connectivity index (χ1n) is 7.04. The van der Waals surface area contributed by atoms with Crippen LogP contribution in [0.15, 0.2) is 54.6 Å². The number of hydrogen-bond acceptors (Lipinski definition) is 3. The molecule has 5 nitrogen and oxygen atoms in total. The van der Waals surface area contributed by atoms with Crippen molar-refractivity contribution >= 4 is 23.4 Å². The van der Waals surface area contributed by atoms with Crippen molar-refractivity contribution in [2.24, 2.45) is 5.73 Å². The molecule has 2 rings (SSSR count). The second kappa shape index (κ2) is 7.65. The molecule has 2 aromatic rings. The Hall–Kier alpha value is -2.53. The molecule has 2 amide bonds. The molecule has 0 fully saturated rings. The van der Waals surface area contributed by atoms with Gasteiger partial charge in [-0.25, -0.2) is 0 Å². The predicted molar refractivity (Wildman–Crippen MR) is 88.1 cm³/mol. The summed E-state index contributed by atoms with van der Waals surface area (Å²) in [5, 5.41) is 3.10. The summed E-state index contributed by atoms with van der Waals surface area (Å²) in [6.45, 7) is 1.58. The molecule has 3 N–H and O–H groups in total. The predicted octanol–water partition coefficient (Wildman–Crippen LogP) is 2.45. The quantitative estimate of drug-likeness (QED) is 0.852. The van der Waals surface area contributed by atoms with Crippen LogP contribution in [0.1, 0.15) is 18.5 Å². The SMILES string of the molecule is C[C@H](Oc1cccc(Cl)c1)C(=O)N[C@@H](C(N)=O)c1ccccc1. The minimum absolute atomic E-state index is 0.447. The first-order chi connectivity index (χ1) is 11.0. The third-order valence-electron chi connectivity index (χ3n) is 3.18. The Kier molecular flexibility index (Phi) is 5.60. The average molecular weight is 333 g/mol. The van der Waals surface area contributed by atoms with Gasteiger partial charge in [0.2, 0.25) is 5.91 Å². The maximum Gasteiger partial charge on any atom is 0.261 e. The fraction of sp³-hybridized carbons (Fsp3) is 0.176. The Balaban J connectivity index is 2.05. The van der Waals surface area contributed by atoms with Crippen molar-refractivity contribution < 1.29 is 14.3 Å². The van der Waals surface area contributed by atoms with E-state index in [-0.39, 0.29) is 0 Å². The van der Waals surface area contributed by atoms with Crippen molar-refractivity contribution in [3.63, 3.8) is 0 Å². The van der Waals surface area contributed by atoms with Crippen LogP contribution < -0.4 is 15.8 Å². The van der Waals surface area contributed by atoms with Crippen LogP contribution in [0.3, 0.4) is 0 Å². The summed E-state index contributed by atoms with van der Waals surface area (Å²) >= 11 is 5.87. The third kappa shape index (κ3) is 4.72. The molecule has 6 heteroatoms. The van der Waals surface area contributed by atoms with Gasteiger partial charge in [0.25, 0.3) is 5.91 Å². The molecular formula is C17H17ClN2O3. The lowest BCUT2D eigenvalue weighted by Crippen LogP contribution is -2.43. The highest BCUT2D eigenvalue weighted by Gasteiger charge is 2.24. The standard InChI is InChI=1S/C17H17ClN2O3/c1-11(23-14-9-5-8-13(18)10-14)17(22)20-15(16(19)21)12-6-3-2-4-7-12/h2-11,15H,1H3,(H2,19,21)(H,20,22)/t11-,15+/m0/s1. The molecule has 0 aliphatic carbocycles. The van der Waals surface area contributed by atoms with Crippen molar-refractivity contribution in [1.29, 1.82) is 0 Å². The van der Waals surface area contributed by atoms with Gasteiger partial charge in [0.15, 0.2) is 6.10 Å². The number of carbonyl (C=O) groups excluding carboxylic acids is 2. The van der Waals surface area contributed by atoms with E-state index < -0.39 is 24.0 Å². The van der Waals surface area contributed by atoms with Crippen LogP contribution in [0.4, 0.5) is 0 Å². The fourth-order valence-corrected chi connectivity index (χ4v) is 2.20. The molecule has 120 valence electrons. The lowest BCUT2D eigenvalue weighted by Gasteiger charge is -2.20. The van der Waals surface area contributed by atoms with Gasteiger partial charge in [0, 0.05) is 5.02 Å². The molecule has 0 aliphatic heterocycles. The summed E-state index contributed by atoms with van der Waals surface area (Å²) in [4.78, 5) is 23.9. The van der Waals surface area contributed by atoms with Crippen LogP contribution in [-0.4, -0.2) is 17.9 Å². The molecule has 0 unspecified atom stereocenters. The fourth-order valence-electron chi connectivity index (χ4n) is 2.02. The third-order valence-corrected chi connectivity index (χ3v) is 3.42. The molecular weight excluding hydrogens is 316 g/mol. The second-order valence-electron chi connectivity index (χ2n) is 4.97. The summed E-state index contributed by atoms with van der Waals surface area (Å²) < 4.78 is 5.52. The van der Waals surface area contributed by atoms with Crippen molar-refractivity contribution in [2.75, 3.05) is 0 Å². The average Bonchev–Trinajstić information content (AvgIpc) is 2.52. The van der Waals surface area contributed by atoms with Crippen molar-refractivity contribution in [3.05, 3.63) is 65.2 Å². The van der Waals surface area contributed by atoms with E-state index in [0.29, 0.717) is 16.3 Å². The number of ether oxygens (including phenoxy) is 1. The molecule has 2 aromatic carbocycles. The normalized spacial score (nSPS) is 13.0. The molecule has 2 atom stereocenters. The molecule has 0 spiro atoms. The minimum Gasteiger partial charge on any atom is -0.481 e. The summed E-state index contributed by atoms with van der Waals surface area (Å²) in [5.74, 6) is -0.618.